The van der Waals surface area contributed by atoms with Gasteiger partial charge in [0.1, 0.15) is 5.82 Å². The monoisotopic (exact) mass is 384 g/mol. The minimum Gasteiger partial charge on any atom is -0.366 e. The smallest absolute Gasteiger partial charge is 0.251 e. The van der Waals surface area contributed by atoms with Gasteiger partial charge in [0.25, 0.3) is 5.91 Å². The number of carbonyl (C=O) groups is 1. The number of nitrogens with two attached hydrogens (primary N) is 1. The molecule has 0 aliphatic rings. The van der Waals surface area contributed by atoms with E-state index in [1.807, 2.05) is 6.92 Å². The molecule has 3 nitrogen and oxygen atoms in total. The maximum Gasteiger partial charge on any atom is 0.251 e. The largest absolute Gasteiger partial charge is 0.366 e. The van der Waals surface area contributed by atoms with Crippen LogP contribution in [0.3, 0.4) is 0 Å². The average Bonchev–Trinajstić information content (AvgIpc) is 3.25. The fourth-order valence-electron chi connectivity index (χ4n) is 3.61. The zero-order valence-corrected chi connectivity index (χ0v) is 16.6. The predicted molar refractivity (Wildman–Crippen MR) is 110 cm³/mol. The number of aryl methyl sites for hydroxylation is 1. The number of nitrogens with zero attached hydrogens (tertiary/aromatic N) is 1. The van der Waals surface area contributed by atoms with Crippen LogP contribution in [0.5, 0.6) is 0 Å². The highest BCUT2D eigenvalue weighted by Crippen LogP contribution is 2.34. The number of hydrogen-bond acceptors (Lipinski definition) is 2. The second-order valence-electron chi connectivity index (χ2n) is 6.74. The molecule has 0 aliphatic heterocycles. The SMILES string of the molecule is CCCCc1c(-c2ccc(F)cc2)c(C(N)=O)c(C)n1CCc1cccs1. The standard InChI is InChI=1S/C22H25FN2OS/c1-3-4-7-19-21(16-8-10-17(23)11-9-16)20(22(24)26)15(2)25(19)13-12-18-6-5-14-27-18/h5-6,8-11,14H,3-4,7,12-13H2,1-2H3,(H2,24,26). The highest BCUT2D eigenvalue weighted by atomic mass is 32.1. The van der Waals surface area contributed by atoms with Gasteiger partial charge in [-0.1, -0.05) is 31.5 Å². The van der Waals surface area contributed by atoms with Crippen molar-refractivity contribution in [3.05, 3.63) is 69.4 Å². The maximum atomic E-state index is 13.4. The summed E-state index contributed by atoms with van der Waals surface area (Å²) in [5.41, 5.74) is 10.0. The second-order valence-corrected chi connectivity index (χ2v) is 7.77. The Kier molecular flexibility index (Phi) is 6.11. The molecule has 0 saturated carbocycles. The van der Waals surface area contributed by atoms with Gasteiger partial charge in [-0.2, -0.15) is 0 Å². The first kappa shape index (κ1) is 19.4. The maximum absolute atomic E-state index is 13.4. The lowest BCUT2D eigenvalue weighted by Gasteiger charge is -2.13. The molecule has 0 fully saturated rings. The molecule has 0 bridgehead atoms. The summed E-state index contributed by atoms with van der Waals surface area (Å²) in [7, 11) is 0. The first-order chi connectivity index (χ1) is 13.0. The van der Waals surface area contributed by atoms with Crippen LogP contribution in [0.25, 0.3) is 11.1 Å². The quantitative estimate of drug-likeness (QED) is 0.559. The molecular formula is C22H25FN2OS. The number of hydrogen-bond donors (Lipinski definition) is 1. The molecule has 2 N–H and O–H groups in total. The molecule has 5 heteroatoms. The number of halogens is 1. The van der Waals surface area contributed by atoms with Crippen molar-refractivity contribution in [2.45, 2.75) is 46.1 Å². The fourth-order valence-corrected chi connectivity index (χ4v) is 4.31. The lowest BCUT2D eigenvalue weighted by molar-refractivity contribution is 0.1000. The van der Waals surface area contributed by atoms with Crippen molar-refractivity contribution in [2.75, 3.05) is 0 Å². The van der Waals surface area contributed by atoms with Crippen LogP contribution < -0.4 is 5.73 Å². The van der Waals surface area contributed by atoms with Gasteiger partial charge in [0.15, 0.2) is 0 Å². The Morgan fingerprint density at radius 1 is 1.19 bits per heavy atom. The van der Waals surface area contributed by atoms with Gasteiger partial charge in [0.05, 0.1) is 5.56 Å². The predicted octanol–water partition coefficient (Wildman–Crippen LogP) is 5.35. The van der Waals surface area contributed by atoms with E-state index >= 15 is 0 Å². The van der Waals surface area contributed by atoms with Crippen LogP contribution in [-0.2, 0) is 19.4 Å². The number of rotatable bonds is 8. The molecule has 142 valence electrons. The normalized spacial score (nSPS) is 11.1. The Morgan fingerprint density at radius 2 is 1.93 bits per heavy atom. The Balaban J connectivity index is 2.11. The van der Waals surface area contributed by atoms with Crippen LogP contribution in [0, 0.1) is 12.7 Å². The van der Waals surface area contributed by atoms with Crippen molar-refractivity contribution < 1.29 is 9.18 Å². The van der Waals surface area contributed by atoms with E-state index in [0.29, 0.717) is 5.56 Å². The molecule has 0 saturated heterocycles. The first-order valence-electron chi connectivity index (χ1n) is 9.33. The van der Waals surface area contributed by atoms with E-state index < -0.39 is 5.91 Å². The molecule has 0 aliphatic carbocycles. The van der Waals surface area contributed by atoms with Crippen molar-refractivity contribution in [3.8, 4) is 11.1 Å². The molecule has 0 atom stereocenters. The summed E-state index contributed by atoms with van der Waals surface area (Å²) >= 11 is 1.74. The highest BCUT2D eigenvalue weighted by molar-refractivity contribution is 7.09. The van der Waals surface area contributed by atoms with Gasteiger partial charge in [0.2, 0.25) is 0 Å². The van der Waals surface area contributed by atoms with Gasteiger partial charge < -0.3 is 10.3 Å². The van der Waals surface area contributed by atoms with Gasteiger partial charge in [-0.25, -0.2) is 4.39 Å². The molecule has 2 heterocycles. The average molecular weight is 385 g/mol. The molecule has 0 radical (unpaired) electrons. The van der Waals surface area contributed by atoms with E-state index in [1.54, 1.807) is 23.5 Å². The second kappa shape index (κ2) is 8.53. The lowest BCUT2D eigenvalue weighted by atomic mass is 9.97. The number of aromatic nitrogens is 1. The summed E-state index contributed by atoms with van der Waals surface area (Å²) in [5.74, 6) is -0.720. The molecule has 27 heavy (non-hydrogen) atoms. The van der Waals surface area contributed by atoms with E-state index in [1.165, 1.54) is 17.0 Å². The van der Waals surface area contributed by atoms with Crippen LogP contribution in [0.15, 0.2) is 41.8 Å². The van der Waals surface area contributed by atoms with Crippen LogP contribution in [0.1, 0.15) is 46.4 Å². The molecular weight excluding hydrogens is 359 g/mol. The summed E-state index contributed by atoms with van der Waals surface area (Å²) < 4.78 is 15.7. The van der Waals surface area contributed by atoms with Crippen LogP contribution in [0.2, 0.25) is 0 Å². The zero-order chi connectivity index (χ0) is 19.4. The number of benzene rings is 1. The van der Waals surface area contributed by atoms with Crippen molar-refractivity contribution >= 4 is 17.2 Å². The molecule has 0 spiro atoms. The van der Waals surface area contributed by atoms with Crippen molar-refractivity contribution in [2.24, 2.45) is 5.73 Å². The van der Waals surface area contributed by atoms with Crippen molar-refractivity contribution in [1.29, 1.82) is 0 Å². The minimum atomic E-state index is -0.431. The van der Waals surface area contributed by atoms with Crippen LogP contribution in [0.4, 0.5) is 4.39 Å². The third-order valence-electron chi connectivity index (χ3n) is 4.94. The topological polar surface area (TPSA) is 48.0 Å². The van der Waals surface area contributed by atoms with Gasteiger partial charge in [-0.15, -0.1) is 11.3 Å². The zero-order valence-electron chi connectivity index (χ0n) is 15.8. The Bertz CT molecular complexity index is 911. The van der Waals surface area contributed by atoms with Crippen LogP contribution in [-0.4, -0.2) is 10.5 Å². The lowest BCUT2D eigenvalue weighted by Crippen LogP contribution is -2.13. The minimum absolute atomic E-state index is 0.289. The van der Waals surface area contributed by atoms with Gasteiger partial charge in [0, 0.05) is 28.4 Å². The summed E-state index contributed by atoms with van der Waals surface area (Å²) in [6.07, 6.45) is 3.86. The Labute approximate surface area is 163 Å². The van der Waals surface area contributed by atoms with E-state index in [-0.39, 0.29) is 5.82 Å². The summed E-state index contributed by atoms with van der Waals surface area (Å²) in [5, 5.41) is 2.08. The summed E-state index contributed by atoms with van der Waals surface area (Å²) in [4.78, 5) is 13.6. The van der Waals surface area contributed by atoms with E-state index in [2.05, 4.69) is 29.0 Å². The molecule has 1 aromatic carbocycles. The highest BCUT2D eigenvalue weighted by Gasteiger charge is 2.24. The molecule has 1 amide bonds. The Hall–Kier alpha value is -2.40. The van der Waals surface area contributed by atoms with Crippen molar-refractivity contribution in [3.63, 3.8) is 0 Å². The third-order valence-corrected chi connectivity index (χ3v) is 5.88. The van der Waals surface area contributed by atoms with E-state index in [9.17, 15) is 9.18 Å². The van der Waals surface area contributed by atoms with Crippen molar-refractivity contribution in [1.82, 2.24) is 4.57 Å². The van der Waals surface area contributed by atoms with Gasteiger partial charge in [-0.05, 0) is 55.3 Å². The third kappa shape index (κ3) is 4.14. The number of carbonyl (C=O) groups excluding carboxylic acids is 1. The number of primary amides is 1. The van der Waals surface area contributed by atoms with E-state index in [0.717, 1.165) is 54.7 Å². The summed E-state index contributed by atoms with van der Waals surface area (Å²) in [6, 6.07) is 10.5. The summed E-state index contributed by atoms with van der Waals surface area (Å²) in [6.45, 7) is 4.90. The first-order valence-corrected chi connectivity index (χ1v) is 10.2. The van der Waals surface area contributed by atoms with Gasteiger partial charge >= 0.3 is 0 Å². The number of amides is 1. The number of unbranched alkanes of at least 4 members (excludes halogenated alkanes) is 1. The van der Waals surface area contributed by atoms with Gasteiger partial charge in [-0.3, -0.25) is 4.79 Å². The fraction of sp³-hybridized carbons (Fsp3) is 0.318. The van der Waals surface area contributed by atoms with Crippen LogP contribution >= 0.6 is 11.3 Å². The molecule has 3 aromatic rings. The molecule has 3 rings (SSSR count). The Morgan fingerprint density at radius 3 is 2.52 bits per heavy atom. The molecule has 0 unspecified atom stereocenters. The van der Waals surface area contributed by atoms with E-state index in [4.69, 9.17) is 5.73 Å². The number of thiophene rings is 1. The molecule has 2 aromatic heterocycles.